The molecule has 8 heteroatoms. The zero-order valence-electron chi connectivity index (χ0n) is 21.2. The van der Waals surface area contributed by atoms with E-state index < -0.39 is 17.9 Å². The van der Waals surface area contributed by atoms with E-state index in [0.29, 0.717) is 25.9 Å². The summed E-state index contributed by atoms with van der Waals surface area (Å²) < 4.78 is 5.40. The lowest BCUT2D eigenvalue weighted by Crippen LogP contribution is -2.53. The van der Waals surface area contributed by atoms with Gasteiger partial charge in [0, 0.05) is 38.6 Å². The highest BCUT2D eigenvalue weighted by atomic mass is 16.5. The average Bonchev–Trinajstić information content (AvgIpc) is 2.80. The monoisotopic (exact) mass is 479 g/mol. The van der Waals surface area contributed by atoms with E-state index in [1.54, 1.807) is 6.08 Å². The number of allylic oxidation sites excluding steroid dienone is 2. The Balaban J connectivity index is 2.83. The topological polar surface area (TPSA) is 99.2 Å². The van der Waals surface area contributed by atoms with Crippen LogP contribution in [-0.2, 0) is 19.1 Å². The predicted octanol–water partition coefficient (Wildman–Crippen LogP) is 3.09. The molecule has 0 unspecified atom stereocenters. The van der Waals surface area contributed by atoms with Crippen LogP contribution in [0.4, 0.5) is 0 Å². The zero-order valence-corrected chi connectivity index (χ0v) is 21.2. The Morgan fingerprint density at radius 1 is 1.06 bits per heavy atom. The molecule has 0 aliphatic carbocycles. The minimum Gasteiger partial charge on any atom is -0.481 e. The molecular weight excluding hydrogens is 434 g/mol. The first-order valence-electron chi connectivity index (χ1n) is 12.6. The summed E-state index contributed by atoms with van der Waals surface area (Å²) in [4.78, 5) is 42.0. The Morgan fingerprint density at radius 3 is 2.26 bits per heavy atom. The van der Waals surface area contributed by atoms with Gasteiger partial charge in [-0.15, -0.1) is 13.2 Å². The van der Waals surface area contributed by atoms with Crippen molar-refractivity contribution >= 4 is 17.8 Å². The van der Waals surface area contributed by atoms with Gasteiger partial charge in [0.25, 0.3) is 0 Å². The Morgan fingerprint density at radius 2 is 1.68 bits per heavy atom. The Labute approximate surface area is 205 Å². The molecule has 0 aromatic heterocycles. The number of hydrogen-bond donors (Lipinski definition) is 2. The van der Waals surface area contributed by atoms with Crippen LogP contribution in [0.25, 0.3) is 0 Å². The normalized spacial score (nSPS) is 16.0. The predicted molar refractivity (Wildman–Crippen MR) is 134 cm³/mol. The van der Waals surface area contributed by atoms with Crippen LogP contribution >= 0.6 is 0 Å². The maximum Gasteiger partial charge on any atom is 0.304 e. The molecule has 0 aromatic rings. The quantitative estimate of drug-likeness (QED) is 0.232. The molecule has 1 heterocycles. The highest BCUT2D eigenvalue weighted by Gasteiger charge is 2.31. The number of ether oxygens (including phenoxy) is 1. The van der Waals surface area contributed by atoms with Gasteiger partial charge in [-0.1, -0.05) is 26.0 Å². The number of rotatable bonds is 18. The van der Waals surface area contributed by atoms with Crippen molar-refractivity contribution in [2.45, 2.75) is 64.8 Å². The van der Waals surface area contributed by atoms with Crippen LogP contribution in [-0.4, -0.2) is 84.7 Å². The van der Waals surface area contributed by atoms with Gasteiger partial charge in [0.05, 0.1) is 19.6 Å². The summed E-state index contributed by atoms with van der Waals surface area (Å²) in [7, 11) is 0. The van der Waals surface area contributed by atoms with Gasteiger partial charge in [0.15, 0.2) is 0 Å². The van der Waals surface area contributed by atoms with Crippen LogP contribution in [0.15, 0.2) is 25.3 Å². The molecule has 0 bridgehead atoms. The van der Waals surface area contributed by atoms with E-state index in [9.17, 15) is 19.5 Å². The molecule has 0 aromatic carbocycles. The molecule has 0 radical (unpaired) electrons. The second kappa shape index (κ2) is 17.3. The van der Waals surface area contributed by atoms with Gasteiger partial charge >= 0.3 is 5.97 Å². The molecule has 2 atom stereocenters. The SMILES string of the molecule is C=CCCC[C@H](CC(=O)O)C(=O)N[C@H](C(=O)N(CCCC=C)CCCN1CCOCC1)C(C)C. The molecule has 2 N–H and O–H groups in total. The van der Waals surface area contributed by atoms with E-state index in [1.807, 2.05) is 24.8 Å². The summed E-state index contributed by atoms with van der Waals surface area (Å²) in [5.74, 6) is -2.26. The maximum absolute atomic E-state index is 13.5. The van der Waals surface area contributed by atoms with Gasteiger partial charge in [-0.2, -0.15) is 0 Å². The number of carboxylic acid groups (broad SMARTS) is 1. The van der Waals surface area contributed by atoms with E-state index in [2.05, 4.69) is 23.4 Å². The van der Waals surface area contributed by atoms with Gasteiger partial charge in [-0.05, 0) is 44.4 Å². The minimum atomic E-state index is -1.01. The molecule has 194 valence electrons. The van der Waals surface area contributed by atoms with E-state index >= 15 is 0 Å². The standard InChI is InChI=1S/C26H45N3O5/c1-5-7-9-12-22(20-23(30)31)25(32)27-24(21(3)4)26(33)29(14-10-8-6-2)15-11-13-28-16-18-34-19-17-28/h5-6,21-22,24H,1-2,7-20H2,3-4H3,(H,27,32)(H,30,31)/t22-,24+/m1/s1. The van der Waals surface area contributed by atoms with Gasteiger partial charge in [0.2, 0.25) is 11.8 Å². The third-order valence-electron chi connectivity index (χ3n) is 6.14. The third kappa shape index (κ3) is 11.8. The number of carboxylic acids is 1. The number of aliphatic carboxylic acids is 1. The number of carbonyl (C=O) groups is 3. The molecule has 0 spiro atoms. The molecule has 8 nitrogen and oxygen atoms in total. The molecular formula is C26H45N3O5. The molecule has 1 saturated heterocycles. The lowest BCUT2D eigenvalue weighted by atomic mass is 9.95. The molecule has 1 fully saturated rings. The average molecular weight is 480 g/mol. The number of carbonyl (C=O) groups excluding carboxylic acids is 2. The van der Waals surface area contributed by atoms with Crippen LogP contribution in [0.5, 0.6) is 0 Å². The third-order valence-corrected chi connectivity index (χ3v) is 6.14. The first kappa shape index (κ1) is 29.8. The number of hydrogen-bond acceptors (Lipinski definition) is 5. The molecule has 1 aliphatic rings. The fourth-order valence-electron chi connectivity index (χ4n) is 4.10. The molecule has 34 heavy (non-hydrogen) atoms. The second-order valence-electron chi connectivity index (χ2n) is 9.31. The summed E-state index contributed by atoms with van der Waals surface area (Å²) in [6.07, 6.45) is 7.69. The van der Waals surface area contributed by atoms with Crippen LogP contribution in [0.1, 0.15) is 58.8 Å². The summed E-state index contributed by atoms with van der Waals surface area (Å²) in [6, 6.07) is -0.685. The second-order valence-corrected chi connectivity index (χ2v) is 9.31. The fourth-order valence-corrected chi connectivity index (χ4v) is 4.10. The number of nitrogens with zero attached hydrogens (tertiary/aromatic N) is 2. The van der Waals surface area contributed by atoms with Crippen molar-refractivity contribution in [3.63, 3.8) is 0 Å². The Hall–Kier alpha value is -2.19. The lowest BCUT2D eigenvalue weighted by molar-refractivity contribution is -0.142. The van der Waals surface area contributed by atoms with Crippen LogP contribution in [0, 0.1) is 11.8 Å². The highest BCUT2D eigenvalue weighted by molar-refractivity contribution is 5.90. The van der Waals surface area contributed by atoms with Crippen molar-refractivity contribution in [1.82, 2.24) is 15.1 Å². The summed E-state index contributed by atoms with van der Waals surface area (Å²) >= 11 is 0. The van der Waals surface area contributed by atoms with Crippen LogP contribution in [0.2, 0.25) is 0 Å². The van der Waals surface area contributed by atoms with Crippen LogP contribution < -0.4 is 5.32 Å². The Bertz CT molecular complexity index is 646. The largest absolute Gasteiger partial charge is 0.481 e. The van der Waals surface area contributed by atoms with E-state index in [-0.39, 0.29) is 24.2 Å². The van der Waals surface area contributed by atoms with Crippen molar-refractivity contribution in [3.8, 4) is 0 Å². The van der Waals surface area contributed by atoms with Crippen molar-refractivity contribution in [2.75, 3.05) is 45.9 Å². The van der Waals surface area contributed by atoms with E-state index in [1.165, 1.54) is 0 Å². The van der Waals surface area contributed by atoms with Crippen molar-refractivity contribution in [3.05, 3.63) is 25.3 Å². The van der Waals surface area contributed by atoms with Crippen molar-refractivity contribution < 1.29 is 24.2 Å². The number of nitrogens with one attached hydrogen (secondary N) is 1. The first-order chi connectivity index (χ1) is 16.3. The smallest absolute Gasteiger partial charge is 0.304 e. The highest BCUT2D eigenvalue weighted by Crippen LogP contribution is 2.16. The van der Waals surface area contributed by atoms with Gasteiger partial charge in [-0.25, -0.2) is 0 Å². The zero-order chi connectivity index (χ0) is 25.3. The molecule has 1 aliphatic heterocycles. The minimum absolute atomic E-state index is 0.102. The van der Waals surface area contributed by atoms with Gasteiger partial charge < -0.3 is 20.1 Å². The maximum atomic E-state index is 13.5. The molecule has 0 saturated carbocycles. The lowest BCUT2D eigenvalue weighted by Gasteiger charge is -2.32. The first-order valence-corrected chi connectivity index (χ1v) is 12.6. The van der Waals surface area contributed by atoms with Crippen LogP contribution in [0.3, 0.4) is 0 Å². The van der Waals surface area contributed by atoms with E-state index in [0.717, 1.165) is 58.5 Å². The summed E-state index contributed by atoms with van der Waals surface area (Å²) in [6.45, 7) is 16.7. The summed E-state index contributed by atoms with van der Waals surface area (Å²) in [5, 5.41) is 12.2. The molecule has 1 rings (SSSR count). The molecule has 2 amide bonds. The van der Waals surface area contributed by atoms with Gasteiger partial charge in [-0.3, -0.25) is 19.3 Å². The van der Waals surface area contributed by atoms with E-state index in [4.69, 9.17) is 4.74 Å². The van der Waals surface area contributed by atoms with Crippen molar-refractivity contribution in [2.24, 2.45) is 11.8 Å². The summed E-state index contributed by atoms with van der Waals surface area (Å²) in [5.41, 5.74) is 0. The van der Waals surface area contributed by atoms with Gasteiger partial charge in [0.1, 0.15) is 6.04 Å². The van der Waals surface area contributed by atoms with Crippen molar-refractivity contribution in [1.29, 1.82) is 0 Å². The number of morpholine rings is 1. The number of unbranched alkanes of at least 4 members (excludes halogenated alkanes) is 2. The number of amides is 2. The fraction of sp³-hybridized carbons (Fsp3) is 0.731. The Kier molecular flexibility index (Phi) is 15.2.